The molecule has 0 atom stereocenters. The Bertz CT molecular complexity index is 428. The van der Waals surface area contributed by atoms with Crippen LogP contribution in [0.1, 0.15) is 30.3 Å². The second-order valence-electron chi connectivity index (χ2n) is 3.60. The molecule has 1 rings (SSSR count). The van der Waals surface area contributed by atoms with Crippen molar-refractivity contribution >= 4 is 17.6 Å². The van der Waals surface area contributed by atoms with E-state index in [4.69, 9.17) is 10.5 Å². The number of hydrogen-bond acceptors (Lipinski definition) is 6. The summed E-state index contributed by atoms with van der Waals surface area (Å²) in [5.74, 6) is -0.817. The zero-order valence-corrected chi connectivity index (χ0v) is 10.5. The maximum atomic E-state index is 11.5. The Morgan fingerprint density at radius 2 is 2.22 bits per heavy atom. The van der Waals surface area contributed by atoms with Crippen LogP contribution in [-0.2, 0) is 20.8 Å². The number of carbonyl (C=O) groups excluding carboxylic acids is 2. The van der Waals surface area contributed by atoms with E-state index in [2.05, 4.69) is 9.84 Å². The van der Waals surface area contributed by atoms with Crippen molar-refractivity contribution in [3.05, 3.63) is 11.9 Å². The Hall–Kier alpha value is -2.05. The third kappa shape index (κ3) is 3.76. The van der Waals surface area contributed by atoms with E-state index in [1.807, 2.05) is 0 Å². The molecule has 0 fully saturated rings. The van der Waals surface area contributed by atoms with Crippen LogP contribution in [0.15, 0.2) is 6.20 Å². The minimum absolute atomic E-state index is 0.106. The van der Waals surface area contributed by atoms with Crippen LogP contribution in [-0.4, -0.2) is 35.4 Å². The number of ether oxygens (including phenoxy) is 2. The highest BCUT2D eigenvalue weighted by Crippen LogP contribution is 2.11. The highest BCUT2D eigenvalue weighted by molar-refractivity contribution is 5.92. The average molecular weight is 255 g/mol. The molecule has 0 aliphatic rings. The summed E-state index contributed by atoms with van der Waals surface area (Å²) >= 11 is 0. The van der Waals surface area contributed by atoms with Gasteiger partial charge in [0.2, 0.25) is 0 Å². The van der Waals surface area contributed by atoms with Crippen molar-refractivity contribution in [3.63, 3.8) is 0 Å². The molecule has 0 amide bonds. The second-order valence-corrected chi connectivity index (χ2v) is 3.60. The topological polar surface area (TPSA) is 96.4 Å². The number of aromatic nitrogens is 2. The monoisotopic (exact) mass is 255 g/mol. The van der Waals surface area contributed by atoms with Gasteiger partial charge in [-0.1, -0.05) is 0 Å². The van der Waals surface area contributed by atoms with Crippen LogP contribution in [0.25, 0.3) is 0 Å². The van der Waals surface area contributed by atoms with Gasteiger partial charge in [0.15, 0.2) is 5.69 Å². The van der Waals surface area contributed by atoms with Gasteiger partial charge in [-0.15, -0.1) is 0 Å². The number of hydrogen-bond donors (Lipinski definition) is 1. The summed E-state index contributed by atoms with van der Waals surface area (Å²) in [4.78, 5) is 22.4. The van der Waals surface area contributed by atoms with Crippen LogP contribution in [0.3, 0.4) is 0 Å². The van der Waals surface area contributed by atoms with Gasteiger partial charge in [0.1, 0.15) is 0 Å². The number of nitrogens with zero attached hydrogens (tertiary/aromatic N) is 2. The molecule has 18 heavy (non-hydrogen) atoms. The van der Waals surface area contributed by atoms with Crippen molar-refractivity contribution in [1.82, 2.24) is 9.78 Å². The van der Waals surface area contributed by atoms with E-state index in [1.54, 1.807) is 13.1 Å². The summed E-state index contributed by atoms with van der Waals surface area (Å²) in [6.07, 6.45) is 2.41. The fourth-order valence-corrected chi connectivity index (χ4v) is 1.40. The van der Waals surface area contributed by atoms with Gasteiger partial charge in [0.25, 0.3) is 0 Å². The van der Waals surface area contributed by atoms with Crippen molar-refractivity contribution in [1.29, 1.82) is 0 Å². The van der Waals surface area contributed by atoms with E-state index in [-0.39, 0.29) is 24.0 Å². The summed E-state index contributed by atoms with van der Waals surface area (Å²) < 4.78 is 10.9. The first-order chi connectivity index (χ1) is 8.58. The Morgan fingerprint density at radius 3 is 2.83 bits per heavy atom. The molecule has 0 radical (unpaired) electrons. The Morgan fingerprint density at radius 1 is 1.50 bits per heavy atom. The molecule has 0 unspecified atom stereocenters. The van der Waals surface area contributed by atoms with Gasteiger partial charge in [-0.2, -0.15) is 5.10 Å². The lowest BCUT2D eigenvalue weighted by molar-refractivity contribution is -0.140. The lowest BCUT2D eigenvalue weighted by Crippen LogP contribution is -2.09. The Labute approximate surface area is 105 Å². The molecule has 7 nitrogen and oxygen atoms in total. The predicted molar refractivity (Wildman–Crippen MR) is 63.8 cm³/mol. The molecular weight excluding hydrogens is 238 g/mol. The molecule has 1 heterocycles. The Balaban J connectivity index is 2.56. The number of aryl methyl sites for hydroxylation is 1. The number of carbonyl (C=O) groups is 2. The first kappa shape index (κ1) is 14.0. The van der Waals surface area contributed by atoms with Crippen molar-refractivity contribution in [2.75, 3.05) is 19.5 Å². The second kappa shape index (κ2) is 6.63. The maximum absolute atomic E-state index is 11.5. The summed E-state index contributed by atoms with van der Waals surface area (Å²) in [5.41, 5.74) is 6.03. The fraction of sp³-hybridized carbons (Fsp3) is 0.545. The summed E-state index contributed by atoms with van der Waals surface area (Å²) in [6, 6.07) is 0. The quantitative estimate of drug-likeness (QED) is 0.747. The van der Waals surface area contributed by atoms with Crippen molar-refractivity contribution in [2.45, 2.75) is 26.3 Å². The largest absolute Gasteiger partial charge is 0.469 e. The van der Waals surface area contributed by atoms with E-state index >= 15 is 0 Å². The third-order valence-corrected chi connectivity index (χ3v) is 2.25. The molecule has 0 spiro atoms. The summed E-state index contributed by atoms with van der Waals surface area (Å²) in [6.45, 7) is 2.47. The van der Waals surface area contributed by atoms with Crippen LogP contribution >= 0.6 is 0 Å². The maximum Gasteiger partial charge on any atom is 0.361 e. The number of anilines is 1. The molecular formula is C11H17N3O4. The highest BCUT2D eigenvalue weighted by atomic mass is 16.5. The van der Waals surface area contributed by atoms with E-state index in [9.17, 15) is 9.59 Å². The van der Waals surface area contributed by atoms with Crippen LogP contribution in [0.2, 0.25) is 0 Å². The van der Waals surface area contributed by atoms with Gasteiger partial charge in [-0.05, 0) is 13.3 Å². The van der Waals surface area contributed by atoms with Gasteiger partial charge >= 0.3 is 11.9 Å². The lowest BCUT2D eigenvalue weighted by Gasteiger charge is -2.00. The standard InChI is InChI=1S/C11H17N3O4/c1-3-18-11(16)10-8(12)7-14(13-10)6-4-5-9(15)17-2/h7H,3-6,12H2,1-2H3. The van der Waals surface area contributed by atoms with Crippen molar-refractivity contribution < 1.29 is 19.1 Å². The summed E-state index contributed by atoms with van der Waals surface area (Å²) in [5, 5.41) is 4.02. The van der Waals surface area contributed by atoms with Crippen LogP contribution in [0.5, 0.6) is 0 Å². The van der Waals surface area contributed by atoms with E-state index < -0.39 is 5.97 Å². The molecule has 1 aromatic heterocycles. The van der Waals surface area contributed by atoms with Crippen LogP contribution in [0, 0.1) is 0 Å². The molecule has 2 N–H and O–H groups in total. The molecule has 0 aliphatic heterocycles. The van der Waals surface area contributed by atoms with Crippen molar-refractivity contribution in [3.8, 4) is 0 Å². The normalized spacial score (nSPS) is 10.1. The molecule has 100 valence electrons. The molecule has 7 heteroatoms. The van der Waals surface area contributed by atoms with Crippen LogP contribution in [0.4, 0.5) is 5.69 Å². The molecule has 0 saturated heterocycles. The van der Waals surface area contributed by atoms with E-state index in [0.29, 0.717) is 19.4 Å². The smallest absolute Gasteiger partial charge is 0.361 e. The lowest BCUT2D eigenvalue weighted by atomic mass is 10.3. The fourth-order valence-electron chi connectivity index (χ4n) is 1.40. The summed E-state index contributed by atoms with van der Waals surface area (Å²) in [7, 11) is 1.34. The van der Waals surface area contributed by atoms with E-state index in [0.717, 1.165) is 0 Å². The predicted octanol–water partition coefficient (Wildman–Crippen LogP) is 0.595. The van der Waals surface area contributed by atoms with Gasteiger partial charge in [0.05, 0.1) is 19.4 Å². The number of nitrogen functional groups attached to an aromatic ring is 1. The van der Waals surface area contributed by atoms with Gasteiger partial charge in [-0.3, -0.25) is 9.48 Å². The molecule has 0 bridgehead atoms. The third-order valence-electron chi connectivity index (χ3n) is 2.25. The van der Waals surface area contributed by atoms with E-state index in [1.165, 1.54) is 11.8 Å². The zero-order valence-electron chi connectivity index (χ0n) is 10.5. The SMILES string of the molecule is CCOC(=O)c1nn(CCCC(=O)OC)cc1N. The average Bonchev–Trinajstić information content (AvgIpc) is 2.70. The molecule has 0 aromatic carbocycles. The highest BCUT2D eigenvalue weighted by Gasteiger charge is 2.15. The molecule has 0 aliphatic carbocycles. The first-order valence-corrected chi connectivity index (χ1v) is 5.65. The number of esters is 2. The van der Waals surface area contributed by atoms with Crippen molar-refractivity contribution in [2.24, 2.45) is 0 Å². The van der Waals surface area contributed by atoms with Gasteiger partial charge in [-0.25, -0.2) is 4.79 Å². The molecule has 0 saturated carbocycles. The number of methoxy groups -OCH3 is 1. The number of nitrogens with two attached hydrogens (primary N) is 1. The molecule has 1 aromatic rings. The van der Waals surface area contributed by atoms with Gasteiger partial charge < -0.3 is 15.2 Å². The first-order valence-electron chi connectivity index (χ1n) is 5.65. The minimum Gasteiger partial charge on any atom is -0.469 e. The van der Waals surface area contributed by atoms with Gasteiger partial charge in [0, 0.05) is 19.2 Å². The van der Waals surface area contributed by atoms with Crippen LogP contribution < -0.4 is 5.73 Å². The zero-order chi connectivity index (χ0) is 13.5. The Kier molecular flexibility index (Phi) is 5.16. The number of rotatable bonds is 6. The minimum atomic E-state index is -0.540.